The number of hydrogen-bond acceptors (Lipinski definition) is 2. The molecule has 2 unspecified atom stereocenters. The number of benzene rings is 1. The number of carbonyl (C=O) groups excluding carboxylic acids is 1. The maximum absolute atomic E-state index is 12.9. The van der Waals surface area contributed by atoms with Gasteiger partial charge >= 0.3 is 6.18 Å². The summed E-state index contributed by atoms with van der Waals surface area (Å²) in [6, 6.07) is 5.98. The molecule has 1 aromatic carbocycles. The first kappa shape index (κ1) is 16.6. The Morgan fingerprint density at radius 3 is 2.71 bits per heavy atom. The molecule has 0 aliphatic carbocycles. The molecule has 0 saturated carbocycles. The Balaban J connectivity index is 1.94. The number of H-pyrrole nitrogens is 1. The number of alkyl halides is 3. The molecule has 7 heteroatoms. The zero-order chi connectivity index (χ0) is 17.5. The molecular formula is C17H17F3N2O2. The molecule has 0 bridgehead atoms. The average Bonchev–Trinajstić information content (AvgIpc) is 3.12. The van der Waals surface area contributed by atoms with Crippen LogP contribution in [0.3, 0.4) is 0 Å². The Labute approximate surface area is 136 Å². The molecule has 0 radical (unpaired) electrons. The van der Waals surface area contributed by atoms with Crippen LogP contribution in [-0.2, 0) is 6.18 Å². The number of rotatable bonds is 2. The minimum atomic E-state index is -4.45. The summed E-state index contributed by atoms with van der Waals surface area (Å²) in [5.41, 5.74) is 0.764. The third-order valence-corrected chi connectivity index (χ3v) is 4.32. The smallest absolute Gasteiger partial charge is 0.391 e. The zero-order valence-corrected chi connectivity index (χ0v) is 13.0. The summed E-state index contributed by atoms with van der Waals surface area (Å²) in [5.74, 6) is -0.298. The molecule has 4 nitrogen and oxygen atoms in total. The van der Waals surface area contributed by atoms with E-state index >= 15 is 0 Å². The van der Waals surface area contributed by atoms with Gasteiger partial charge in [0.1, 0.15) is 0 Å². The molecule has 128 valence electrons. The largest absolute Gasteiger partial charge is 0.416 e. The van der Waals surface area contributed by atoms with Crippen LogP contribution < -0.4 is 0 Å². The van der Waals surface area contributed by atoms with Gasteiger partial charge in [-0.05, 0) is 37.1 Å². The minimum absolute atomic E-state index is 0.102. The summed E-state index contributed by atoms with van der Waals surface area (Å²) in [6.07, 6.45) is -3.35. The fourth-order valence-electron chi connectivity index (χ4n) is 3.12. The Bertz CT molecular complexity index is 754. The summed E-state index contributed by atoms with van der Waals surface area (Å²) in [6.45, 7) is 1.85. The number of β-amino-alcohol motifs (C(OH)–C–C–N with tert-alkyl or cyclic N) is 1. The molecule has 1 saturated heterocycles. The Morgan fingerprint density at radius 2 is 2.08 bits per heavy atom. The highest BCUT2D eigenvalue weighted by Crippen LogP contribution is 2.37. The predicted molar refractivity (Wildman–Crippen MR) is 81.4 cm³/mol. The third-order valence-electron chi connectivity index (χ3n) is 4.32. The molecule has 2 heterocycles. The second kappa shape index (κ2) is 5.98. The summed E-state index contributed by atoms with van der Waals surface area (Å²) in [5, 5.41) is 9.95. The predicted octanol–water partition coefficient (Wildman–Crippen LogP) is 3.29. The lowest BCUT2D eigenvalue weighted by molar-refractivity contribution is -0.137. The number of aromatic nitrogens is 1. The lowest BCUT2D eigenvalue weighted by atomic mass is 10.0. The molecular weight excluding hydrogens is 321 g/mol. The molecule has 3 rings (SSSR count). The lowest BCUT2D eigenvalue weighted by Crippen LogP contribution is -2.32. The van der Waals surface area contributed by atoms with E-state index in [9.17, 15) is 23.1 Å². The first-order valence-corrected chi connectivity index (χ1v) is 7.57. The van der Waals surface area contributed by atoms with Crippen molar-refractivity contribution in [2.45, 2.75) is 31.7 Å². The normalized spacial score (nSPS) is 21.3. The van der Waals surface area contributed by atoms with Gasteiger partial charge in [0.15, 0.2) is 0 Å². The number of aliphatic hydroxyl groups is 1. The van der Waals surface area contributed by atoms with Crippen molar-refractivity contribution in [1.29, 1.82) is 0 Å². The van der Waals surface area contributed by atoms with Crippen molar-refractivity contribution >= 4 is 5.91 Å². The molecule has 1 fully saturated rings. The van der Waals surface area contributed by atoms with Gasteiger partial charge in [0.2, 0.25) is 0 Å². The number of nitrogens with zero attached hydrogens (tertiary/aromatic N) is 1. The minimum Gasteiger partial charge on any atom is -0.391 e. The van der Waals surface area contributed by atoms with Crippen molar-refractivity contribution in [2.75, 3.05) is 6.54 Å². The topological polar surface area (TPSA) is 56.3 Å². The number of nitrogens with one attached hydrogen (secondary N) is 1. The number of aromatic amines is 1. The Kier molecular flexibility index (Phi) is 4.13. The highest BCUT2D eigenvalue weighted by Gasteiger charge is 2.38. The molecule has 2 aromatic rings. The first-order valence-electron chi connectivity index (χ1n) is 7.57. The number of halogens is 3. The molecule has 2 atom stereocenters. The van der Waals surface area contributed by atoms with Crippen LogP contribution >= 0.6 is 0 Å². The van der Waals surface area contributed by atoms with E-state index in [1.807, 2.05) is 0 Å². The van der Waals surface area contributed by atoms with Crippen molar-refractivity contribution in [1.82, 2.24) is 9.88 Å². The average molecular weight is 338 g/mol. The van der Waals surface area contributed by atoms with E-state index < -0.39 is 23.9 Å². The summed E-state index contributed by atoms with van der Waals surface area (Å²) >= 11 is 0. The molecule has 1 amide bonds. The molecule has 2 N–H and O–H groups in total. The standard InChI is InChI=1S/C17H17F3N2O2/c1-10-14(5-6-21-10)16(24)22-9-13(23)8-15(22)11-3-2-4-12(7-11)17(18,19)20/h2-7,13,15,21,23H,8-9H2,1H3. The van der Waals surface area contributed by atoms with Crippen LogP contribution in [0.1, 0.15) is 39.6 Å². The molecule has 1 aliphatic rings. The maximum atomic E-state index is 12.9. The highest BCUT2D eigenvalue weighted by molar-refractivity contribution is 5.95. The van der Waals surface area contributed by atoms with Crippen LogP contribution in [-0.4, -0.2) is 33.5 Å². The molecule has 1 aromatic heterocycles. The number of aliphatic hydroxyl groups excluding tert-OH is 1. The Hall–Kier alpha value is -2.28. The Morgan fingerprint density at radius 1 is 1.33 bits per heavy atom. The van der Waals surface area contributed by atoms with Gasteiger partial charge < -0.3 is 15.0 Å². The van der Waals surface area contributed by atoms with Crippen LogP contribution in [0.5, 0.6) is 0 Å². The van der Waals surface area contributed by atoms with Gasteiger partial charge in [-0.25, -0.2) is 0 Å². The van der Waals surface area contributed by atoms with Gasteiger partial charge in [0.25, 0.3) is 5.91 Å². The first-order chi connectivity index (χ1) is 11.3. The van der Waals surface area contributed by atoms with Crippen molar-refractivity contribution in [3.63, 3.8) is 0 Å². The highest BCUT2D eigenvalue weighted by atomic mass is 19.4. The van der Waals surface area contributed by atoms with Crippen molar-refractivity contribution in [3.05, 3.63) is 58.9 Å². The van der Waals surface area contributed by atoms with Gasteiger partial charge in [-0.3, -0.25) is 4.79 Å². The van der Waals surface area contributed by atoms with Crippen molar-refractivity contribution in [2.24, 2.45) is 0 Å². The van der Waals surface area contributed by atoms with Crippen LogP contribution in [0.15, 0.2) is 36.5 Å². The van der Waals surface area contributed by atoms with Gasteiger partial charge in [-0.1, -0.05) is 12.1 Å². The van der Waals surface area contributed by atoms with E-state index in [1.54, 1.807) is 25.3 Å². The van der Waals surface area contributed by atoms with E-state index in [0.29, 0.717) is 16.8 Å². The van der Waals surface area contributed by atoms with Crippen LogP contribution in [0, 0.1) is 6.92 Å². The second-order valence-electron chi connectivity index (χ2n) is 6.00. The van der Waals surface area contributed by atoms with Gasteiger partial charge in [0.05, 0.1) is 23.3 Å². The summed E-state index contributed by atoms with van der Waals surface area (Å²) in [7, 11) is 0. The van der Waals surface area contributed by atoms with Crippen LogP contribution in [0.4, 0.5) is 13.2 Å². The zero-order valence-electron chi connectivity index (χ0n) is 13.0. The van der Waals surface area contributed by atoms with Crippen molar-refractivity contribution in [3.8, 4) is 0 Å². The van der Waals surface area contributed by atoms with E-state index in [2.05, 4.69) is 4.98 Å². The van der Waals surface area contributed by atoms with Gasteiger partial charge in [-0.2, -0.15) is 13.2 Å². The third kappa shape index (κ3) is 3.03. The molecule has 0 spiro atoms. The van der Waals surface area contributed by atoms with E-state index in [4.69, 9.17) is 0 Å². The second-order valence-corrected chi connectivity index (χ2v) is 6.00. The number of likely N-dealkylation sites (tertiary alicyclic amines) is 1. The van der Waals surface area contributed by atoms with E-state index in [0.717, 1.165) is 12.1 Å². The maximum Gasteiger partial charge on any atom is 0.416 e. The number of hydrogen-bond donors (Lipinski definition) is 2. The fourth-order valence-corrected chi connectivity index (χ4v) is 3.12. The quantitative estimate of drug-likeness (QED) is 0.883. The SMILES string of the molecule is Cc1[nH]ccc1C(=O)N1CC(O)CC1c1cccc(C(F)(F)F)c1. The van der Waals surface area contributed by atoms with Crippen LogP contribution in [0.2, 0.25) is 0 Å². The van der Waals surface area contributed by atoms with Crippen molar-refractivity contribution < 1.29 is 23.1 Å². The molecule has 24 heavy (non-hydrogen) atoms. The van der Waals surface area contributed by atoms with E-state index in [-0.39, 0.29) is 18.9 Å². The van der Waals surface area contributed by atoms with Gasteiger partial charge in [-0.15, -0.1) is 0 Å². The monoisotopic (exact) mass is 338 g/mol. The lowest BCUT2D eigenvalue weighted by Gasteiger charge is -2.25. The summed E-state index contributed by atoms with van der Waals surface area (Å²) < 4.78 is 38.8. The van der Waals surface area contributed by atoms with Crippen LogP contribution in [0.25, 0.3) is 0 Å². The summed E-state index contributed by atoms with van der Waals surface area (Å²) in [4.78, 5) is 17.1. The number of aryl methyl sites for hydroxylation is 1. The molecule has 1 aliphatic heterocycles. The number of carbonyl (C=O) groups is 1. The number of amides is 1. The van der Waals surface area contributed by atoms with E-state index in [1.165, 1.54) is 11.0 Å². The van der Waals surface area contributed by atoms with Gasteiger partial charge in [0, 0.05) is 18.4 Å². The fraction of sp³-hybridized carbons (Fsp3) is 0.353.